The lowest BCUT2D eigenvalue weighted by Gasteiger charge is -2.37. The molecule has 1 aliphatic heterocycles. The summed E-state index contributed by atoms with van der Waals surface area (Å²) >= 11 is 1.94. The number of nitrogens with two attached hydrogens (primary N) is 1. The van der Waals surface area contributed by atoms with Gasteiger partial charge in [0.15, 0.2) is 0 Å². The summed E-state index contributed by atoms with van der Waals surface area (Å²) < 4.78 is 13.8. The number of rotatable bonds is 5. The van der Waals surface area contributed by atoms with Crippen molar-refractivity contribution < 1.29 is 4.39 Å². The van der Waals surface area contributed by atoms with E-state index in [1.54, 1.807) is 12.1 Å². The summed E-state index contributed by atoms with van der Waals surface area (Å²) in [4.78, 5) is 0. The van der Waals surface area contributed by atoms with Crippen molar-refractivity contribution >= 4 is 17.4 Å². The molecule has 1 aromatic rings. The quantitative estimate of drug-likeness (QED) is 0.761. The van der Waals surface area contributed by atoms with Crippen LogP contribution in [0.1, 0.15) is 55.8 Å². The van der Waals surface area contributed by atoms with Gasteiger partial charge in [0.1, 0.15) is 5.82 Å². The number of hydroxylamine groups is 2. The molecule has 3 rings (SSSR count). The number of hydrogen-bond donors (Lipinski definition) is 1. The molecule has 0 spiro atoms. The second kappa shape index (κ2) is 8.54. The van der Waals surface area contributed by atoms with Gasteiger partial charge in [-0.3, -0.25) is 0 Å². The molecule has 0 aromatic heterocycles. The third kappa shape index (κ3) is 4.64. The molecule has 0 radical (unpaired) electrons. The van der Waals surface area contributed by atoms with Crippen LogP contribution < -0.4 is 5.73 Å². The molecule has 2 fully saturated rings. The fraction of sp³-hybridized carbons (Fsp3) is 0.684. The molecule has 2 aliphatic rings. The summed E-state index contributed by atoms with van der Waals surface area (Å²) in [5.41, 5.74) is 7.89. The van der Waals surface area contributed by atoms with Gasteiger partial charge in [0.05, 0.1) is 0 Å². The molecular weight excluding hydrogens is 323 g/mol. The van der Waals surface area contributed by atoms with E-state index in [1.165, 1.54) is 43.2 Å². The van der Waals surface area contributed by atoms with Crippen molar-refractivity contribution in [1.82, 2.24) is 5.06 Å². The van der Waals surface area contributed by atoms with Crippen molar-refractivity contribution in [1.29, 1.82) is 0 Å². The van der Waals surface area contributed by atoms with Crippen molar-refractivity contribution in [2.24, 2.45) is 11.8 Å². The number of hydrogen-bond acceptors (Lipinski definition) is 4. The average molecular weight is 352 g/mol. The van der Waals surface area contributed by atoms with Gasteiger partial charge in [0, 0.05) is 10.9 Å². The van der Waals surface area contributed by atoms with E-state index >= 15 is 0 Å². The number of nitrogen functional groups attached to an aromatic ring is 1. The Hall–Kier alpha value is -0.780. The minimum absolute atomic E-state index is 0.194. The molecule has 1 unspecified atom stereocenters. The maximum absolute atomic E-state index is 13.8. The van der Waals surface area contributed by atoms with E-state index < -0.39 is 0 Å². The van der Waals surface area contributed by atoms with Gasteiger partial charge in [-0.2, -0.15) is 11.8 Å². The van der Waals surface area contributed by atoms with Gasteiger partial charge >= 0.3 is 0 Å². The first-order valence-electron chi connectivity index (χ1n) is 9.22. The first kappa shape index (κ1) is 18.0. The first-order valence-corrected chi connectivity index (χ1v) is 10.3. The van der Waals surface area contributed by atoms with Crippen molar-refractivity contribution in [3.05, 3.63) is 34.8 Å². The molecule has 5 heteroatoms. The summed E-state index contributed by atoms with van der Waals surface area (Å²) in [5, 5.41) is 12.8. The summed E-state index contributed by atoms with van der Waals surface area (Å²) in [6.07, 6.45) is 8.24. The van der Waals surface area contributed by atoms with Crippen LogP contribution in [0.15, 0.2) is 18.2 Å². The van der Waals surface area contributed by atoms with Crippen LogP contribution in [0, 0.1) is 22.9 Å². The van der Waals surface area contributed by atoms with E-state index in [2.05, 4.69) is 0 Å². The van der Waals surface area contributed by atoms with Gasteiger partial charge < -0.3 is 16.0 Å². The molecule has 1 heterocycles. The van der Waals surface area contributed by atoms with Crippen molar-refractivity contribution in [3.8, 4) is 0 Å². The summed E-state index contributed by atoms with van der Waals surface area (Å²) in [6, 6.07) is 4.80. The second-order valence-electron chi connectivity index (χ2n) is 7.30. The zero-order valence-corrected chi connectivity index (χ0v) is 15.1. The minimum Gasteiger partial charge on any atom is -0.785 e. The maximum atomic E-state index is 13.8. The monoisotopic (exact) mass is 351 g/mol. The number of benzene rings is 1. The number of nitrogens with zero attached hydrogens (tertiary/aromatic N) is 1. The van der Waals surface area contributed by atoms with Gasteiger partial charge in [-0.1, -0.05) is 19.3 Å². The highest BCUT2D eigenvalue weighted by atomic mass is 32.2. The molecule has 0 bridgehead atoms. The fourth-order valence-corrected chi connectivity index (χ4v) is 5.77. The molecule has 2 N–H and O–H groups in total. The zero-order valence-electron chi connectivity index (χ0n) is 14.3. The predicted molar refractivity (Wildman–Crippen MR) is 100 cm³/mol. The van der Waals surface area contributed by atoms with E-state index in [4.69, 9.17) is 5.73 Å². The highest BCUT2D eigenvalue weighted by Crippen LogP contribution is 2.46. The largest absolute Gasteiger partial charge is 0.785 e. The standard InChI is InChI=1S/C19H28FN2OS/c20-16-6-7-18(21)17(12-16)19(15-4-2-1-3-5-15)24-13-14-8-10-22(23)11-9-14/h6-7,12,14-15,19H,1-5,8-11,13,21H2/q-1. The fourth-order valence-electron chi connectivity index (χ4n) is 4.02. The predicted octanol–water partition coefficient (Wildman–Crippen LogP) is 4.97. The second-order valence-corrected chi connectivity index (χ2v) is 8.47. The third-order valence-corrected chi connectivity index (χ3v) is 7.18. The molecule has 1 aromatic carbocycles. The molecule has 1 aliphatic carbocycles. The Morgan fingerprint density at radius 1 is 1.17 bits per heavy atom. The van der Waals surface area contributed by atoms with Gasteiger partial charge in [0.2, 0.25) is 0 Å². The van der Waals surface area contributed by atoms with E-state index in [0.717, 1.165) is 24.2 Å². The van der Waals surface area contributed by atoms with Gasteiger partial charge in [-0.25, -0.2) is 4.39 Å². The van der Waals surface area contributed by atoms with Crippen molar-refractivity contribution in [2.75, 3.05) is 24.6 Å². The molecule has 1 saturated carbocycles. The Labute approximate surface area is 148 Å². The summed E-state index contributed by atoms with van der Waals surface area (Å²) in [5.74, 6) is 2.04. The van der Waals surface area contributed by atoms with Crippen molar-refractivity contribution in [2.45, 2.75) is 50.2 Å². The smallest absolute Gasteiger partial charge is 0.123 e. The normalized spacial score (nSPS) is 22.6. The van der Waals surface area contributed by atoms with Gasteiger partial charge in [-0.05, 0) is 80.1 Å². The third-order valence-electron chi connectivity index (χ3n) is 5.52. The van der Waals surface area contributed by atoms with E-state index in [1.807, 2.05) is 11.8 Å². The van der Waals surface area contributed by atoms with E-state index in [-0.39, 0.29) is 11.1 Å². The molecular formula is C19H28FN2OS-. The van der Waals surface area contributed by atoms with E-state index in [9.17, 15) is 9.60 Å². The Balaban J connectivity index is 1.71. The van der Waals surface area contributed by atoms with Crippen LogP contribution in [0.5, 0.6) is 0 Å². The van der Waals surface area contributed by atoms with Crippen molar-refractivity contribution in [3.63, 3.8) is 0 Å². The molecule has 3 nitrogen and oxygen atoms in total. The molecule has 134 valence electrons. The average Bonchev–Trinajstić information content (AvgIpc) is 2.60. The molecule has 0 amide bonds. The van der Waals surface area contributed by atoms with Crippen LogP contribution in [0.25, 0.3) is 0 Å². The molecule has 1 saturated heterocycles. The number of anilines is 1. The Kier molecular flexibility index (Phi) is 6.42. The molecule has 1 atom stereocenters. The lowest BCUT2D eigenvalue weighted by molar-refractivity contribution is 0.258. The lowest BCUT2D eigenvalue weighted by Crippen LogP contribution is -2.30. The summed E-state index contributed by atoms with van der Waals surface area (Å²) in [7, 11) is 0. The maximum Gasteiger partial charge on any atom is 0.123 e. The SMILES string of the molecule is Nc1ccc(F)cc1C(SCC1CCN([O-])CC1)C1CCCCC1. The van der Waals surface area contributed by atoms with Crippen LogP contribution in [-0.2, 0) is 0 Å². The Morgan fingerprint density at radius 3 is 2.58 bits per heavy atom. The molecule has 24 heavy (non-hydrogen) atoms. The topological polar surface area (TPSA) is 52.3 Å². The number of piperidine rings is 1. The van der Waals surface area contributed by atoms with Gasteiger partial charge in [-0.15, -0.1) is 0 Å². The number of halogens is 1. The lowest BCUT2D eigenvalue weighted by atomic mass is 9.84. The van der Waals surface area contributed by atoms with Gasteiger partial charge in [0.25, 0.3) is 0 Å². The Morgan fingerprint density at radius 2 is 1.88 bits per heavy atom. The Bertz CT molecular complexity index is 528. The van der Waals surface area contributed by atoms with Crippen LogP contribution in [0.2, 0.25) is 0 Å². The number of thioether (sulfide) groups is 1. The van der Waals surface area contributed by atoms with Crippen LogP contribution >= 0.6 is 11.8 Å². The highest BCUT2D eigenvalue weighted by Gasteiger charge is 2.28. The minimum atomic E-state index is -0.194. The van der Waals surface area contributed by atoms with Crippen LogP contribution in [0.4, 0.5) is 10.1 Å². The zero-order chi connectivity index (χ0) is 16.9. The first-order chi connectivity index (χ1) is 11.6. The van der Waals surface area contributed by atoms with Crippen LogP contribution in [0.3, 0.4) is 0 Å². The highest BCUT2D eigenvalue weighted by molar-refractivity contribution is 7.99. The summed E-state index contributed by atoms with van der Waals surface area (Å²) in [6.45, 7) is 1.31. The van der Waals surface area contributed by atoms with Crippen LogP contribution in [-0.4, -0.2) is 23.9 Å². The van der Waals surface area contributed by atoms with E-state index in [0.29, 0.717) is 30.6 Å².